The van der Waals surface area contributed by atoms with Crippen molar-refractivity contribution < 1.29 is 4.79 Å². The molecule has 0 unspecified atom stereocenters. The first-order valence-corrected chi connectivity index (χ1v) is 15.6. The third-order valence-corrected chi connectivity index (χ3v) is 9.02. The lowest BCUT2D eigenvalue weighted by atomic mass is 9.88. The Balaban J connectivity index is 1.000. The van der Waals surface area contributed by atoms with Gasteiger partial charge in [0.1, 0.15) is 11.6 Å². The second kappa shape index (κ2) is 13.5. The Morgan fingerprint density at radius 1 is 0.857 bits per heavy atom. The number of H-pyrrole nitrogens is 2. The van der Waals surface area contributed by atoms with E-state index in [1.54, 1.807) is 40.8 Å². The summed E-state index contributed by atoms with van der Waals surface area (Å²) < 4.78 is 0. The molecule has 0 saturated heterocycles. The number of nitrogens with zero attached hydrogens (tertiary/aromatic N) is 4. The minimum absolute atomic E-state index is 0.0392. The van der Waals surface area contributed by atoms with E-state index in [0.29, 0.717) is 36.8 Å². The van der Waals surface area contributed by atoms with E-state index in [2.05, 4.69) is 73.5 Å². The lowest BCUT2D eigenvalue weighted by molar-refractivity contribution is 0.0721. The molecule has 2 heterocycles. The maximum absolute atomic E-state index is 13.4. The standard InChI is InChI=1S/C34H43N7O/c1-2-19-41(31-20-27-5-3-4-6-28(27)21-31)30-13-11-29(12-14-30)39-22-25-7-9-26(10-8-25)34(42)40(23-32-35-15-16-36-32)24-33-37-17-18-38-33/h3-10,15-18,29-31,39H,2,11-14,19-24H2,1H3,(H,35,36)(H,37,38)/t29-,30-. The van der Waals surface area contributed by atoms with Gasteiger partial charge in [0.15, 0.2) is 0 Å². The van der Waals surface area contributed by atoms with Crippen molar-refractivity contribution in [1.82, 2.24) is 35.1 Å². The Morgan fingerprint density at radius 2 is 1.48 bits per heavy atom. The highest BCUT2D eigenvalue weighted by molar-refractivity contribution is 5.94. The molecule has 42 heavy (non-hydrogen) atoms. The van der Waals surface area contributed by atoms with Crippen LogP contribution in [0.5, 0.6) is 0 Å². The van der Waals surface area contributed by atoms with Crippen LogP contribution in [0.3, 0.4) is 0 Å². The fraction of sp³-hybridized carbons (Fsp3) is 0.441. The number of benzene rings is 2. The summed E-state index contributed by atoms with van der Waals surface area (Å²) in [4.78, 5) is 32.8. The van der Waals surface area contributed by atoms with Crippen LogP contribution in [0.4, 0.5) is 0 Å². The molecule has 1 fully saturated rings. The second-order valence-electron chi connectivity index (χ2n) is 11.9. The number of hydrogen-bond acceptors (Lipinski definition) is 5. The Bertz CT molecular complexity index is 1330. The summed E-state index contributed by atoms with van der Waals surface area (Å²) in [6.07, 6.45) is 15.5. The summed E-state index contributed by atoms with van der Waals surface area (Å²) in [5.41, 5.74) is 4.97. The molecule has 8 nitrogen and oxygen atoms in total. The molecule has 2 aromatic heterocycles. The SMILES string of the molecule is CCCN(C1Cc2ccccc2C1)[C@H]1CC[C@H](NCc2ccc(C(=O)N(Cc3ncc[nH]3)Cc3ncc[nH]3)cc2)CC1. The first kappa shape index (κ1) is 28.4. The van der Waals surface area contributed by atoms with Crippen LogP contribution in [-0.2, 0) is 32.5 Å². The van der Waals surface area contributed by atoms with Gasteiger partial charge in [-0.2, -0.15) is 0 Å². The summed E-state index contributed by atoms with van der Waals surface area (Å²) in [5.74, 6) is 1.45. The van der Waals surface area contributed by atoms with Crippen molar-refractivity contribution in [3.63, 3.8) is 0 Å². The zero-order valence-corrected chi connectivity index (χ0v) is 24.6. The number of carbonyl (C=O) groups is 1. The molecular formula is C34H43N7O. The Kier molecular flexibility index (Phi) is 9.11. The molecule has 220 valence electrons. The summed E-state index contributed by atoms with van der Waals surface area (Å²) >= 11 is 0. The van der Waals surface area contributed by atoms with Gasteiger partial charge in [-0.3, -0.25) is 9.69 Å². The highest BCUT2D eigenvalue weighted by Gasteiger charge is 2.33. The molecule has 0 atom stereocenters. The van der Waals surface area contributed by atoms with E-state index in [1.807, 2.05) is 12.1 Å². The third-order valence-electron chi connectivity index (χ3n) is 9.02. The average Bonchev–Trinajstić information content (AvgIpc) is 3.82. The molecular weight excluding hydrogens is 522 g/mol. The number of hydrogen-bond donors (Lipinski definition) is 3. The molecule has 1 amide bonds. The van der Waals surface area contributed by atoms with E-state index < -0.39 is 0 Å². The maximum atomic E-state index is 13.4. The van der Waals surface area contributed by atoms with Crippen molar-refractivity contribution in [3.05, 3.63) is 107 Å². The van der Waals surface area contributed by atoms with Gasteiger partial charge in [-0.1, -0.05) is 43.3 Å². The van der Waals surface area contributed by atoms with Crippen molar-refractivity contribution in [2.75, 3.05) is 6.54 Å². The predicted octanol–water partition coefficient (Wildman–Crippen LogP) is 5.26. The van der Waals surface area contributed by atoms with Crippen LogP contribution >= 0.6 is 0 Å². The van der Waals surface area contributed by atoms with E-state index >= 15 is 0 Å². The molecule has 2 aromatic carbocycles. The van der Waals surface area contributed by atoms with Crippen molar-refractivity contribution in [3.8, 4) is 0 Å². The van der Waals surface area contributed by atoms with Gasteiger partial charge in [0.25, 0.3) is 5.91 Å². The van der Waals surface area contributed by atoms with Crippen molar-refractivity contribution in [2.24, 2.45) is 0 Å². The quantitative estimate of drug-likeness (QED) is 0.218. The van der Waals surface area contributed by atoms with Gasteiger partial charge in [0.2, 0.25) is 0 Å². The van der Waals surface area contributed by atoms with Crippen LogP contribution in [0.15, 0.2) is 73.3 Å². The second-order valence-corrected chi connectivity index (χ2v) is 11.9. The number of aromatic amines is 2. The smallest absolute Gasteiger partial charge is 0.254 e. The van der Waals surface area contributed by atoms with E-state index in [9.17, 15) is 4.79 Å². The maximum Gasteiger partial charge on any atom is 0.254 e. The zero-order valence-electron chi connectivity index (χ0n) is 24.6. The number of nitrogens with one attached hydrogen (secondary N) is 3. The zero-order chi connectivity index (χ0) is 28.7. The van der Waals surface area contributed by atoms with E-state index in [4.69, 9.17) is 0 Å². The van der Waals surface area contributed by atoms with E-state index in [-0.39, 0.29) is 5.91 Å². The highest BCUT2D eigenvalue weighted by atomic mass is 16.2. The molecule has 6 rings (SSSR count). The van der Waals surface area contributed by atoms with Crippen LogP contribution in [0.25, 0.3) is 0 Å². The van der Waals surface area contributed by atoms with Crippen molar-refractivity contribution in [2.45, 2.75) is 89.6 Å². The largest absolute Gasteiger partial charge is 0.347 e. The summed E-state index contributed by atoms with van der Waals surface area (Å²) in [5, 5.41) is 3.81. The number of carbonyl (C=O) groups excluding carboxylic acids is 1. The first-order valence-electron chi connectivity index (χ1n) is 15.6. The van der Waals surface area contributed by atoms with E-state index in [0.717, 1.165) is 18.2 Å². The normalized spacial score (nSPS) is 18.8. The minimum Gasteiger partial charge on any atom is -0.347 e. The predicted molar refractivity (Wildman–Crippen MR) is 165 cm³/mol. The van der Waals surface area contributed by atoms with Crippen LogP contribution in [0, 0.1) is 0 Å². The molecule has 0 radical (unpaired) electrons. The number of aromatic nitrogens is 4. The Labute approximate surface area is 249 Å². The molecule has 2 aliphatic carbocycles. The number of imidazole rings is 2. The fourth-order valence-electron chi connectivity index (χ4n) is 6.84. The first-order chi connectivity index (χ1) is 20.7. The number of amides is 1. The number of rotatable bonds is 12. The Morgan fingerprint density at radius 3 is 2.02 bits per heavy atom. The highest BCUT2D eigenvalue weighted by Crippen LogP contribution is 2.31. The summed E-state index contributed by atoms with van der Waals surface area (Å²) in [7, 11) is 0. The van der Waals surface area contributed by atoms with Gasteiger partial charge in [-0.05, 0) is 80.3 Å². The van der Waals surface area contributed by atoms with Gasteiger partial charge in [0, 0.05) is 55.0 Å². The minimum atomic E-state index is -0.0392. The van der Waals surface area contributed by atoms with Crippen LogP contribution in [-0.4, -0.2) is 60.3 Å². The molecule has 3 N–H and O–H groups in total. The van der Waals surface area contributed by atoms with Gasteiger partial charge < -0.3 is 20.2 Å². The third kappa shape index (κ3) is 6.82. The van der Waals surface area contributed by atoms with Gasteiger partial charge in [-0.25, -0.2) is 9.97 Å². The topological polar surface area (TPSA) is 92.9 Å². The van der Waals surface area contributed by atoms with Crippen molar-refractivity contribution in [1.29, 1.82) is 0 Å². The summed E-state index contributed by atoms with van der Waals surface area (Å²) in [6.45, 7) is 5.12. The van der Waals surface area contributed by atoms with Crippen LogP contribution in [0.2, 0.25) is 0 Å². The van der Waals surface area contributed by atoms with E-state index in [1.165, 1.54) is 57.1 Å². The van der Waals surface area contributed by atoms with Gasteiger partial charge >= 0.3 is 0 Å². The summed E-state index contributed by atoms with van der Waals surface area (Å²) in [6, 6.07) is 18.9. The molecule has 0 bridgehead atoms. The molecule has 4 aromatic rings. The lowest BCUT2D eigenvalue weighted by Crippen LogP contribution is -2.47. The molecule has 1 saturated carbocycles. The molecule has 2 aliphatic rings. The van der Waals surface area contributed by atoms with Crippen LogP contribution < -0.4 is 5.32 Å². The molecule has 8 heteroatoms. The fourth-order valence-corrected chi connectivity index (χ4v) is 6.84. The average molecular weight is 566 g/mol. The molecule has 0 spiro atoms. The lowest BCUT2D eigenvalue weighted by Gasteiger charge is -2.40. The molecule has 0 aliphatic heterocycles. The van der Waals surface area contributed by atoms with Gasteiger partial charge in [-0.15, -0.1) is 0 Å². The van der Waals surface area contributed by atoms with Crippen molar-refractivity contribution >= 4 is 5.91 Å². The number of fused-ring (bicyclic) bond motifs is 1. The van der Waals surface area contributed by atoms with Gasteiger partial charge in [0.05, 0.1) is 13.1 Å². The monoisotopic (exact) mass is 565 g/mol. The Hall–Kier alpha value is -3.75. The van der Waals surface area contributed by atoms with Crippen LogP contribution in [0.1, 0.15) is 77.7 Å².